The molecule has 1 aromatic heterocycles. The zero-order chi connectivity index (χ0) is 11.0. The van der Waals surface area contributed by atoms with Gasteiger partial charge in [0.25, 0.3) is 0 Å². The van der Waals surface area contributed by atoms with Crippen LogP contribution in [0.5, 0.6) is 0 Å². The number of fused-ring (bicyclic) bond motifs is 1. The highest BCUT2D eigenvalue weighted by Gasteiger charge is 2.19. The zero-order valence-electron chi connectivity index (χ0n) is 8.65. The van der Waals surface area contributed by atoms with Crippen molar-refractivity contribution >= 4 is 11.6 Å². The molecule has 0 radical (unpaired) electrons. The molecule has 0 amide bonds. The summed E-state index contributed by atoms with van der Waals surface area (Å²) in [5.74, 6) is 0. The van der Waals surface area contributed by atoms with Crippen molar-refractivity contribution in [3.05, 3.63) is 46.2 Å². The molecule has 0 saturated carbocycles. The average molecular weight is 235 g/mol. The molecule has 16 heavy (non-hydrogen) atoms. The number of hydrogen-bond acceptors (Lipinski definition) is 3. The Kier molecular flexibility index (Phi) is 2.38. The lowest BCUT2D eigenvalue weighted by molar-refractivity contribution is 0.272. The minimum absolute atomic E-state index is 0.807. The summed E-state index contributed by atoms with van der Waals surface area (Å²) in [6.45, 7) is 2.71. The maximum absolute atomic E-state index is 5.97. The Bertz CT molecular complexity index is 495. The first-order valence-electron chi connectivity index (χ1n) is 5.16. The molecule has 0 atom stereocenters. The van der Waals surface area contributed by atoms with E-state index in [9.17, 15) is 0 Å². The molecule has 2 aromatic rings. The highest BCUT2D eigenvalue weighted by atomic mass is 35.5. The van der Waals surface area contributed by atoms with Gasteiger partial charge in [-0.15, -0.1) is 5.10 Å². The van der Waals surface area contributed by atoms with Gasteiger partial charge in [-0.3, -0.25) is 10.00 Å². The van der Waals surface area contributed by atoms with Gasteiger partial charge in [-0.25, -0.2) is 0 Å². The van der Waals surface area contributed by atoms with E-state index in [2.05, 4.69) is 26.4 Å². The number of benzene rings is 1. The average Bonchev–Trinajstić information content (AvgIpc) is 2.86. The van der Waals surface area contributed by atoms with Gasteiger partial charge in [-0.2, -0.15) is 0 Å². The third-order valence-corrected chi connectivity index (χ3v) is 3.04. The summed E-state index contributed by atoms with van der Waals surface area (Å²) in [5, 5.41) is 11.2. The van der Waals surface area contributed by atoms with E-state index >= 15 is 0 Å². The lowest BCUT2D eigenvalue weighted by Gasteiger charge is -2.11. The fourth-order valence-corrected chi connectivity index (χ4v) is 2.27. The molecule has 0 fully saturated rings. The van der Waals surface area contributed by atoms with Gasteiger partial charge in [0.05, 0.1) is 5.69 Å². The molecular weight excluding hydrogens is 224 g/mol. The Hall–Kier alpha value is -1.39. The van der Waals surface area contributed by atoms with Crippen molar-refractivity contribution in [2.75, 3.05) is 0 Å². The van der Waals surface area contributed by atoms with Crippen LogP contribution in [0.3, 0.4) is 0 Å². The second kappa shape index (κ2) is 3.88. The van der Waals surface area contributed by atoms with E-state index in [1.54, 1.807) is 0 Å². The van der Waals surface area contributed by atoms with Crippen molar-refractivity contribution in [1.82, 2.24) is 20.3 Å². The molecule has 0 spiro atoms. The van der Waals surface area contributed by atoms with Crippen LogP contribution >= 0.6 is 11.6 Å². The number of hydrogen-bond donors (Lipinski definition) is 1. The Morgan fingerprint density at radius 2 is 2.19 bits per heavy atom. The van der Waals surface area contributed by atoms with Crippen LogP contribution in [-0.2, 0) is 19.6 Å². The molecule has 0 unspecified atom stereocenters. The fourth-order valence-electron chi connectivity index (χ4n) is 2.08. The van der Waals surface area contributed by atoms with Gasteiger partial charge in [0, 0.05) is 30.9 Å². The van der Waals surface area contributed by atoms with Crippen LogP contribution in [0.25, 0.3) is 0 Å². The van der Waals surface area contributed by atoms with E-state index in [4.69, 9.17) is 11.6 Å². The van der Waals surface area contributed by atoms with Crippen LogP contribution in [0, 0.1) is 0 Å². The van der Waals surface area contributed by atoms with Crippen molar-refractivity contribution in [1.29, 1.82) is 0 Å². The van der Waals surface area contributed by atoms with Crippen molar-refractivity contribution in [3.63, 3.8) is 0 Å². The maximum atomic E-state index is 5.97. The van der Waals surface area contributed by atoms with Gasteiger partial charge in [0.1, 0.15) is 0 Å². The second-order valence-corrected chi connectivity index (χ2v) is 4.46. The number of aromatic nitrogens is 3. The number of halogens is 1. The van der Waals surface area contributed by atoms with Gasteiger partial charge in [0.2, 0.25) is 0 Å². The molecule has 82 valence electrons. The predicted molar refractivity (Wildman–Crippen MR) is 60.8 cm³/mol. The lowest BCUT2D eigenvalue weighted by Crippen LogP contribution is -2.15. The van der Waals surface area contributed by atoms with E-state index < -0.39 is 0 Å². The molecule has 2 heterocycles. The van der Waals surface area contributed by atoms with Crippen molar-refractivity contribution < 1.29 is 0 Å². The Balaban J connectivity index is 1.75. The molecule has 1 N–H and O–H groups in total. The summed E-state index contributed by atoms with van der Waals surface area (Å²) in [5.41, 5.74) is 3.64. The lowest BCUT2D eigenvalue weighted by atomic mass is 10.1. The monoisotopic (exact) mass is 234 g/mol. The molecular formula is C11H11ClN4. The van der Waals surface area contributed by atoms with Gasteiger partial charge in [-0.05, 0) is 23.3 Å². The number of nitrogens with zero attached hydrogens (tertiary/aromatic N) is 3. The van der Waals surface area contributed by atoms with E-state index in [0.29, 0.717) is 0 Å². The smallest absolute Gasteiger partial charge is 0.0964 e. The normalized spacial score (nSPS) is 15.3. The van der Waals surface area contributed by atoms with Crippen LogP contribution < -0.4 is 0 Å². The molecule has 0 aliphatic carbocycles. The minimum Gasteiger partial charge on any atom is -0.289 e. The molecule has 3 rings (SSSR count). The molecule has 5 heteroatoms. The van der Waals surface area contributed by atoms with Crippen LogP contribution in [0.1, 0.15) is 16.8 Å². The van der Waals surface area contributed by atoms with E-state index in [0.717, 1.165) is 30.4 Å². The molecule has 0 saturated heterocycles. The van der Waals surface area contributed by atoms with Crippen molar-refractivity contribution in [3.8, 4) is 0 Å². The van der Waals surface area contributed by atoms with Gasteiger partial charge in [-0.1, -0.05) is 22.9 Å². The Labute approximate surface area is 98.2 Å². The minimum atomic E-state index is 0.807. The topological polar surface area (TPSA) is 44.8 Å². The number of nitrogens with one attached hydrogen (secondary N) is 1. The first-order valence-corrected chi connectivity index (χ1v) is 5.54. The van der Waals surface area contributed by atoms with Crippen LogP contribution in [0.4, 0.5) is 0 Å². The quantitative estimate of drug-likeness (QED) is 0.864. The SMILES string of the molecule is Clc1ccc2c(c1)CN(Cc1c[nH]nn1)C2. The van der Waals surface area contributed by atoms with Crippen LogP contribution in [0.2, 0.25) is 5.02 Å². The van der Waals surface area contributed by atoms with E-state index in [1.165, 1.54) is 11.1 Å². The van der Waals surface area contributed by atoms with Gasteiger partial charge >= 0.3 is 0 Å². The predicted octanol–water partition coefficient (Wildman–Crippen LogP) is 1.97. The van der Waals surface area contributed by atoms with Crippen LogP contribution in [-0.4, -0.2) is 20.3 Å². The molecule has 1 aliphatic rings. The summed E-state index contributed by atoms with van der Waals surface area (Å²) in [6, 6.07) is 6.08. The maximum Gasteiger partial charge on any atom is 0.0964 e. The first-order chi connectivity index (χ1) is 7.81. The summed E-state index contributed by atoms with van der Waals surface area (Å²) in [6.07, 6.45) is 1.83. The van der Waals surface area contributed by atoms with E-state index in [1.807, 2.05) is 18.3 Å². The van der Waals surface area contributed by atoms with Crippen LogP contribution in [0.15, 0.2) is 24.4 Å². The van der Waals surface area contributed by atoms with Crippen molar-refractivity contribution in [2.45, 2.75) is 19.6 Å². The Morgan fingerprint density at radius 1 is 1.31 bits per heavy atom. The third-order valence-electron chi connectivity index (χ3n) is 2.81. The highest BCUT2D eigenvalue weighted by molar-refractivity contribution is 6.30. The first kappa shape index (κ1) is 9.81. The molecule has 1 aromatic carbocycles. The fraction of sp³-hybridized carbons (Fsp3) is 0.273. The number of aromatic amines is 1. The van der Waals surface area contributed by atoms with Gasteiger partial charge in [0.15, 0.2) is 0 Å². The summed E-state index contributed by atoms with van der Waals surface area (Å²) in [4.78, 5) is 2.32. The Morgan fingerprint density at radius 3 is 3.00 bits per heavy atom. The number of H-pyrrole nitrogens is 1. The summed E-state index contributed by atoms with van der Waals surface area (Å²) >= 11 is 5.97. The summed E-state index contributed by atoms with van der Waals surface area (Å²) in [7, 11) is 0. The zero-order valence-corrected chi connectivity index (χ0v) is 9.41. The highest BCUT2D eigenvalue weighted by Crippen LogP contribution is 2.26. The molecule has 1 aliphatic heterocycles. The largest absolute Gasteiger partial charge is 0.289 e. The molecule has 0 bridgehead atoms. The summed E-state index contributed by atoms with van der Waals surface area (Å²) < 4.78 is 0. The van der Waals surface area contributed by atoms with Gasteiger partial charge < -0.3 is 0 Å². The van der Waals surface area contributed by atoms with Crippen molar-refractivity contribution in [2.24, 2.45) is 0 Å². The molecule has 4 nitrogen and oxygen atoms in total. The third kappa shape index (κ3) is 1.81. The van der Waals surface area contributed by atoms with E-state index in [-0.39, 0.29) is 0 Å². The standard InChI is InChI=1S/C11H11ClN4/c12-10-2-1-8-5-16(6-9(8)3-10)7-11-4-13-15-14-11/h1-4H,5-7H2,(H,13,14,15). The number of rotatable bonds is 2. The second-order valence-electron chi connectivity index (χ2n) is 4.02.